The Hall–Kier alpha value is -1.55. The van der Waals surface area contributed by atoms with Crippen molar-refractivity contribution in [3.05, 3.63) is 34.2 Å². The summed E-state index contributed by atoms with van der Waals surface area (Å²) in [7, 11) is 1.82. The fourth-order valence-electron chi connectivity index (χ4n) is 3.31. The molecule has 0 bridgehead atoms. The number of imidazole rings is 1. The van der Waals surface area contributed by atoms with Crippen molar-refractivity contribution >= 4 is 11.0 Å². The third-order valence-electron chi connectivity index (χ3n) is 4.89. The van der Waals surface area contributed by atoms with E-state index < -0.39 is 0 Å². The first-order valence-electron chi connectivity index (χ1n) is 9.60. The summed E-state index contributed by atoms with van der Waals surface area (Å²) in [5, 5.41) is 0. The van der Waals surface area contributed by atoms with Gasteiger partial charge in [-0.1, -0.05) is 57.4 Å². The minimum Gasteiger partial charge on any atom is -0.330 e. The van der Waals surface area contributed by atoms with Crippen LogP contribution < -0.4 is 11.4 Å². The number of hydrogen-bond acceptors (Lipinski definition) is 2. The van der Waals surface area contributed by atoms with Crippen LogP contribution in [0.1, 0.15) is 69.8 Å². The Labute approximate surface area is 145 Å². The molecule has 2 aromatic rings. The number of unbranched alkanes of at least 4 members (excludes halogenated alkanes) is 9. The lowest BCUT2D eigenvalue weighted by molar-refractivity contribution is 0.553. The molecule has 1 heterocycles. The van der Waals surface area contributed by atoms with Crippen molar-refractivity contribution < 1.29 is 0 Å². The zero-order valence-electron chi connectivity index (χ0n) is 15.2. The number of aromatic nitrogens is 2. The number of rotatable bonds is 12. The number of nitrogens with zero attached hydrogens (tertiary/aromatic N) is 1. The van der Waals surface area contributed by atoms with Crippen molar-refractivity contribution in [2.24, 2.45) is 12.8 Å². The van der Waals surface area contributed by atoms with E-state index in [1.54, 1.807) is 4.57 Å². The van der Waals surface area contributed by atoms with Crippen molar-refractivity contribution in [2.75, 3.05) is 6.54 Å². The lowest BCUT2D eigenvalue weighted by atomic mass is 10.0. The molecular weight excluding hydrogens is 298 g/mol. The maximum absolute atomic E-state index is 11.6. The second-order valence-electron chi connectivity index (χ2n) is 6.91. The lowest BCUT2D eigenvalue weighted by Gasteiger charge is -2.04. The van der Waals surface area contributed by atoms with Gasteiger partial charge in [0.2, 0.25) is 0 Å². The molecule has 0 aliphatic carbocycles. The van der Waals surface area contributed by atoms with Crippen LogP contribution in [0.2, 0.25) is 0 Å². The predicted molar refractivity (Wildman–Crippen MR) is 102 cm³/mol. The molecule has 3 N–H and O–H groups in total. The Kier molecular flexibility index (Phi) is 8.10. The summed E-state index contributed by atoms with van der Waals surface area (Å²) in [6, 6.07) is 6.31. The Morgan fingerprint density at radius 1 is 0.917 bits per heavy atom. The molecular formula is C20H33N3O. The van der Waals surface area contributed by atoms with Gasteiger partial charge < -0.3 is 10.7 Å². The third kappa shape index (κ3) is 5.82. The molecule has 1 aromatic carbocycles. The van der Waals surface area contributed by atoms with Gasteiger partial charge in [0.05, 0.1) is 11.0 Å². The van der Waals surface area contributed by atoms with Crippen LogP contribution in [0.4, 0.5) is 0 Å². The molecule has 0 spiro atoms. The highest BCUT2D eigenvalue weighted by atomic mass is 16.1. The fraction of sp³-hybridized carbons (Fsp3) is 0.650. The fourth-order valence-corrected chi connectivity index (χ4v) is 3.31. The van der Waals surface area contributed by atoms with E-state index in [9.17, 15) is 4.79 Å². The predicted octanol–water partition coefficient (Wildman–Crippen LogP) is 4.27. The molecule has 0 atom stereocenters. The van der Waals surface area contributed by atoms with Gasteiger partial charge in [-0.25, -0.2) is 4.79 Å². The summed E-state index contributed by atoms with van der Waals surface area (Å²) < 4.78 is 1.69. The van der Waals surface area contributed by atoms with E-state index in [4.69, 9.17) is 5.73 Å². The van der Waals surface area contributed by atoms with Crippen molar-refractivity contribution in [1.82, 2.24) is 9.55 Å². The zero-order chi connectivity index (χ0) is 17.2. The van der Waals surface area contributed by atoms with E-state index in [-0.39, 0.29) is 5.69 Å². The number of fused-ring (bicyclic) bond motifs is 1. The van der Waals surface area contributed by atoms with E-state index >= 15 is 0 Å². The second kappa shape index (κ2) is 10.3. The molecule has 0 saturated heterocycles. The molecule has 0 amide bonds. The van der Waals surface area contributed by atoms with Crippen LogP contribution in [0.5, 0.6) is 0 Å². The van der Waals surface area contributed by atoms with Gasteiger partial charge in [-0.15, -0.1) is 0 Å². The molecule has 0 aliphatic rings. The quantitative estimate of drug-likeness (QED) is 0.571. The van der Waals surface area contributed by atoms with Gasteiger partial charge >= 0.3 is 5.69 Å². The molecule has 24 heavy (non-hydrogen) atoms. The van der Waals surface area contributed by atoms with Crippen molar-refractivity contribution in [3.63, 3.8) is 0 Å². The SMILES string of the molecule is Cn1c(=O)[nH]c2ccc(CCCCCCCCCCCCN)cc21. The Morgan fingerprint density at radius 3 is 2.12 bits per heavy atom. The Bertz CT molecular complexity index is 656. The van der Waals surface area contributed by atoms with Gasteiger partial charge in [0, 0.05) is 7.05 Å². The molecule has 0 radical (unpaired) electrons. The van der Waals surface area contributed by atoms with Crippen LogP contribution in [-0.2, 0) is 13.5 Å². The molecule has 4 heteroatoms. The molecule has 0 unspecified atom stereocenters. The maximum atomic E-state index is 11.6. The van der Waals surface area contributed by atoms with Crippen LogP contribution in [0.3, 0.4) is 0 Å². The molecule has 0 fully saturated rings. The standard InChI is InChI=1S/C20H33N3O/c1-23-19-16-17(13-14-18(19)22-20(23)24)12-10-8-6-4-2-3-5-7-9-11-15-21/h13-14,16H,2-12,15,21H2,1H3,(H,22,24). The van der Waals surface area contributed by atoms with Crippen LogP contribution in [0.25, 0.3) is 11.0 Å². The molecule has 4 nitrogen and oxygen atoms in total. The van der Waals surface area contributed by atoms with Crippen molar-refractivity contribution in [1.29, 1.82) is 0 Å². The Morgan fingerprint density at radius 2 is 1.50 bits per heavy atom. The average Bonchev–Trinajstić information content (AvgIpc) is 2.87. The van der Waals surface area contributed by atoms with Crippen LogP contribution in [-0.4, -0.2) is 16.1 Å². The van der Waals surface area contributed by atoms with E-state index in [2.05, 4.69) is 17.1 Å². The molecule has 0 aliphatic heterocycles. The van der Waals surface area contributed by atoms with Crippen molar-refractivity contribution in [2.45, 2.75) is 70.6 Å². The van der Waals surface area contributed by atoms with E-state index in [0.717, 1.165) is 24.0 Å². The van der Waals surface area contributed by atoms with Gasteiger partial charge in [-0.05, 0) is 43.5 Å². The first-order valence-corrected chi connectivity index (χ1v) is 9.60. The normalized spacial score (nSPS) is 11.4. The highest BCUT2D eigenvalue weighted by Gasteiger charge is 2.03. The van der Waals surface area contributed by atoms with Crippen LogP contribution >= 0.6 is 0 Å². The van der Waals surface area contributed by atoms with Crippen LogP contribution in [0, 0.1) is 0 Å². The van der Waals surface area contributed by atoms with Gasteiger partial charge in [0.25, 0.3) is 0 Å². The smallest absolute Gasteiger partial charge is 0.326 e. The number of hydrogen-bond donors (Lipinski definition) is 2. The van der Waals surface area contributed by atoms with E-state index in [1.165, 1.54) is 69.8 Å². The maximum Gasteiger partial charge on any atom is 0.326 e. The third-order valence-corrected chi connectivity index (χ3v) is 4.89. The number of H-pyrrole nitrogens is 1. The number of aromatic amines is 1. The summed E-state index contributed by atoms with van der Waals surface area (Å²) >= 11 is 0. The monoisotopic (exact) mass is 331 g/mol. The molecule has 0 saturated carbocycles. The topological polar surface area (TPSA) is 63.8 Å². The summed E-state index contributed by atoms with van der Waals surface area (Å²) in [4.78, 5) is 14.5. The van der Waals surface area contributed by atoms with E-state index in [1.807, 2.05) is 13.1 Å². The first kappa shape index (κ1) is 18.8. The van der Waals surface area contributed by atoms with Crippen molar-refractivity contribution in [3.8, 4) is 0 Å². The summed E-state index contributed by atoms with van der Waals surface area (Å²) in [5.41, 5.74) is 8.73. The van der Waals surface area contributed by atoms with Gasteiger partial charge in [0.1, 0.15) is 0 Å². The van der Waals surface area contributed by atoms with Gasteiger partial charge in [-0.2, -0.15) is 0 Å². The minimum atomic E-state index is -0.0369. The van der Waals surface area contributed by atoms with Crippen LogP contribution in [0.15, 0.2) is 23.0 Å². The Balaban J connectivity index is 1.56. The number of aryl methyl sites for hydroxylation is 2. The summed E-state index contributed by atoms with van der Waals surface area (Å²) in [6.45, 7) is 0.841. The highest BCUT2D eigenvalue weighted by molar-refractivity contribution is 5.75. The number of nitrogens with one attached hydrogen (secondary N) is 1. The zero-order valence-corrected chi connectivity index (χ0v) is 15.2. The second-order valence-corrected chi connectivity index (χ2v) is 6.91. The van der Waals surface area contributed by atoms with E-state index in [0.29, 0.717) is 0 Å². The van der Waals surface area contributed by atoms with Gasteiger partial charge in [-0.3, -0.25) is 4.57 Å². The molecule has 2 rings (SSSR count). The van der Waals surface area contributed by atoms with Gasteiger partial charge in [0.15, 0.2) is 0 Å². The largest absolute Gasteiger partial charge is 0.330 e. The molecule has 1 aromatic heterocycles. The average molecular weight is 332 g/mol. The number of benzene rings is 1. The lowest BCUT2D eigenvalue weighted by Crippen LogP contribution is -2.11. The summed E-state index contributed by atoms with van der Waals surface area (Å²) in [5.74, 6) is 0. The minimum absolute atomic E-state index is 0.0369. The highest BCUT2D eigenvalue weighted by Crippen LogP contribution is 2.16. The molecule has 134 valence electrons. The number of nitrogens with two attached hydrogens (primary N) is 1. The summed E-state index contributed by atoms with van der Waals surface area (Å²) in [6.07, 6.45) is 14.3. The first-order chi connectivity index (χ1) is 11.7.